The molecule has 0 aliphatic carbocycles. The summed E-state index contributed by atoms with van der Waals surface area (Å²) < 4.78 is 25.6. The van der Waals surface area contributed by atoms with E-state index in [0.717, 1.165) is 5.56 Å². The molecule has 6 heteroatoms. The van der Waals surface area contributed by atoms with Crippen LogP contribution >= 0.6 is 0 Å². The van der Waals surface area contributed by atoms with Crippen molar-refractivity contribution in [3.63, 3.8) is 0 Å². The van der Waals surface area contributed by atoms with Gasteiger partial charge in [-0.3, -0.25) is 4.79 Å². The predicted octanol–water partition coefficient (Wildman–Crippen LogP) is 2.79. The van der Waals surface area contributed by atoms with E-state index in [-0.39, 0.29) is 17.1 Å². The largest absolute Gasteiger partial charge is 0.337 e. The maximum Gasteiger partial charge on any atom is 0.254 e. The normalized spacial score (nSPS) is 17.4. The van der Waals surface area contributed by atoms with Crippen LogP contribution in [0.25, 0.3) is 0 Å². The molecule has 1 aromatic carbocycles. The summed E-state index contributed by atoms with van der Waals surface area (Å²) in [5.41, 5.74) is 2.93. The Morgan fingerprint density at radius 2 is 1.80 bits per heavy atom. The van der Waals surface area contributed by atoms with Crippen LogP contribution in [0.5, 0.6) is 0 Å². The zero-order valence-electron chi connectivity index (χ0n) is 16.0. The van der Waals surface area contributed by atoms with Gasteiger partial charge >= 0.3 is 0 Å². The minimum Gasteiger partial charge on any atom is -0.337 e. The highest BCUT2D eigenvalue weighted by Crippen LogP contribution is 2.25. The molecule has 1 aromatic rings. The van der Waals surface area contributed by atoms with Crippen molar-refractivity contribution in [2.45, 2.75) is 46.5 Å². The van der Waals surface area contributed by atoms with E-state index in [1.165, 1.54) is 9.87 Å². The quantitative estimate of drug-likeness (QED) is 0.826. The first kappa shape index (κ1) is 19.9. The molecule has 0 saturated carbocycles. The topological polar surface area (TPSA) is 57.7 Å². The molecule has 1 fully saturated rings. The lowest BCUT2D eigenvalue weighted by atomic mass is 9.85. The molecule has 0 aromatic heterocycles. The molecule has 140 valence electrons. The minimum absolute atomic E-state index is 0.00583. The Balaban J connectivity index is 2.16. The van der Waals surface area contributed by atoms with Crippen molar-refractivity contribution in [3.05, 3.63) is 34.9 Å². The molecule has 0 N–H and O–H groups in total. The van der Waals surface area contributed by atoms with Gasteiger partial charge in [0.2, 0.25) is 10.0 Å². The fraction of sp³-hybridized carbons (Fsp3) is 0.632. The smallest absolute Gasteiger partial charge is 0.254 e. The maximum absolute atomic E-state index is 12.9. The van der Waals surface area contributed by atoms with Gasteiger partial charge in [-0.05, 0) is 42.9 Å². The molecule has 1 heterocycles. The summed E-state index contributed by atoms with van der Waals surface area (Å²) in [5, 5.41) is 0. The summed E-state index contributed by atoms with van der Waals surface area (Å²) in [4.78, 5) is 14.7. The molecule has 0 bridgehead atoms. The first-order valence-electron chi connectivity index (χ1n) is 8.94. The summed E-state index contributed by atoms with van der Waals surface area (Å²) in [6, 6.07) is 6.01. The van der Waals surface area contributed by atoms with Crippen molar-refractivity contribution in [1.82, 2.24) is 9.21 Å². The van der Waals surface area contributed by atoms with Crippen molar-refractivity contribution in [2.24, 2.45) is 0 Å². The Labute approximate surface area is 152 Å². The summed E-state index contributed by atoms with van der Waals surface area (Å²) >= 11 is 0. The van der Waals surface area contributed by atoms with E-state index >= 15 is 0 Å². The molecule has 0 unspecified atom stereocenters. The van der Waals surface area contributed by atoms with Gasteiger partial charge in [0.15, 0.2) is 0 Å². The minimum atomic E-state index is -3.19. The van der Waals surface area contributed by atoms with Crippen molar-refractivity contribution in [3.8, 4) is 0 Å². The molecule has 2 rings (SSSR count). The van der Waals surface area contributed by atoms with Crippen LogP contribution in [0.2, 0.25) is 0 Å². The number of aryl methyl sites for hydroxylation is 1. The molecule has 1 aliphatic rings. The molecule has 0 spiro atoms. The van der Waals surface area contributed by atoms with Crippen LogP contribution in [-0.4, -0.2) is 55.5 Å². The van der Waals surface area contributed by atoms with Gasteiger partial charge in [0.05, 0.1) is 5.75 Å². The van der Waals surface area contributed by atoms with Gasteiger partial charge < -0.3 is 4.90 Å². The molecule has 1 amide bonds. The lowest BCUT2D eigenvalue weighted by Gasteiger charge is -2.24. The molecule has 25 heavy (non-hydrogen) atoms. The lowest BCUT2D eigenvalue weighted by molar-refractivity contribution is 0.0763. The average Bonchev–Trinajstić information content (AvgIpc) is 2.80. The Morgan fingerprint density at radius 1 is 1.12 bits per heavy atom. The number of rotatable bonds is 3. The zero-order chi connectivity index (χ0) is 18.8. The monoisotopic (exact) mass is 366 g/mol. The van der Waals surface area contributed by atoms with Gasteiger partial charge in [0.1, 0.15) is 0 Å². The molecule has 0 radical (unpaired) electrons. The second kappa shape index (κ2) is 7.46. The Hall–Kier alpha value is -1.40. The first-order valence-corrected chi connectivity index (χ1v) is 10.6. The van der Waals surface area contributed by atoms with E-state index in [0.29, 0.717) is 38.2 Å². The van der Waals surface area contributed by atoms with E-state index in [9.17, 15) is 13.2 Å². The second-order valence-corrected chi connectivity index (χ2v) is 9.98. The molecular formula is C19H30N2O3S. The van der Waals surface area contributed by atoms with Gasteiger partial charge in [-0.25, -0.2) is 12.7 Å². The van der Waals surface area contributed by atoms with Gasteiger partial charge in [0, 0.05) is 31.7 Å². The van der Waals surface area contributed by atoms with Crippen molar-refractivity contribution < 1.29 is 13.2 Å². The van der Waals surface area contributed by atoms with Gasteiger partial charge in [-0.2, -0.15) is 0 Å². The van der Waals surface area contributed by atoms with Crippen LogP contribution in [-0.2, 0) is 15.4 Å². The zero-order valence-corrected chi connectivity index (χ0v) is 16.8. The van der Waals surface area contributed by atoms with E-state index < -0.39 is 10.0 Å². The highest BCUT2D eigenvalue weighted by atomic mass is 32.2. The van der Waals surface area contributed by atoms with Crippen molar-refractivity contribution in [2.75, 3.05) is 31.9 Å². The van der Waals surface area contributed by atoms with Crippen LogP contribution in [0.1, 0.15) is 55.6 Å². The number of sulfonamides is 1. The standard InChI is InChI=1S/C19H30N2O3S/c1-6-25(23,24)21-11-7-10-20(12-13-21)18(22)17-9-8-16(14-15(17)2)19(3,4)5/h8-9,14H,6-7,10-13H2,1-5H3. The maximum atomic E-state index is 12.9. The molecular weight excluding hydrogens is 336 g/mol. The van der Waals surface area contributed by atoms with Crippen molar-refractivity contribution >= 4 is 15.9 Å². The van der Waals surface area contributed by atoms with E-state index in [1.807, 2.05) is 19.1 Å². The summed E-state index contributed by atoms with van der Waals surface area (Å²) in [5.74, 6) is 0.0996. The molecule has 5 nitrogen and oxygen atoms in total. The van der Waals surface area contributed by atoms with Crippen LogP contribution < -0.4 is 0 Å². The number of hydrogen-bond donors (Lipinski definition) is 0. The number of hydrogen-bond acceptors (Lipinski definition) is 3. The molecule has 1 saturated heterocycles. The Morgan fingerprint density at radius 3 is 2.36 bits per heavy atom. The first-order chi connectivity index (χ1) is 11.6. The number of amides is 1. The summed E-state index contributed by atoms with van der Waals surface area (Å²) in [7, 11) is -3.19. The number of nitrogens with zero attached hydrogens (tertiary/aromatic N) is 2. The van der Waals surface area contributed by atoms with E-state index in [2.05, 4.69) is 26.8 Å². The number of carbonyl (C=O) groups is 1. The number of benzene rings is 1. The van der Waals surface area contributed by atoms with Crippen LogP contribution in [0.3, 0.4) is 0 Å². The van der Waals surface area contributed by atoms with Gasteiger partial charge in [0.25, 0.3) is 5.91 Å². The molecule has 1 aliphatic heterocycles. The fourth-order valence-electron chi connectivity index (χ4n) is 3.10. The Bertz CT molecular complexity index is 736. The fourth-order valence-corrected chi connectivity index (χ4v) is 4.23. The van der Waals surface area contributed by atoms with Crippen LogP contribution in [0, 0.1) is 6.92 Å². The third-order valence-corrected chi connectivity index (χ3v) is 6.70. The summed E-state index contributed by atoms with van der Waals surface area (Å²) in [6.07, 6.45) is 0.671. The predicted molar refractivity (Wildman–Crippen MR) is 101 cm³/mol. The number of carbonyl (C=O) groups excluding carboxylic acids is 1. The highest BCUT2D eigenvalue weighted by Gasteiger charge is 2.27. The van der Waals surface area contributed by atoms with Crippen LogP contribution in [0.4, 0.5) is 0 Å². The van der Waals surface area contributed by atoms with E-state index in [1.54, 1.807) is 11.8 Å². The highest BCUT2D eigenvalue weighted by molar-refractivity contribution is 7.89. The van der Waals surface area contributed by atoms with E-state index in [4.69, 9.17) is 0 Å². The third kappa shape index (κ3) is 4.61. The third-order valence-electron chi connectivity index (χ3n) is 4.82. The van der Waals surface area contributed by atoms with Gasteiger partial charge in [-0.15, -0.1) is 0 Å². The second-order valence-electron chi connectivity index (χ2n) is 7.73. The van der Waals surface area contributed by atoms with Crippen LogP contribution in [0.15, 0.2) is 18.2 Å². The Kier molecular flexibility index (Phi) is 5.94. The van der Waals surface area contributed by atoms with Gasteiger partial charge in [-0.1, -0.05) is 32.9 Å². The SMILES string of the molecule is CCS(=O)(=O)N1CCCN(C(=O)c2ccc(C(C)(C)C)cc2C)CC1. The molecule has 0 atom stereocenters. The van der Waals surface area contributed by atoms with Crippen molar-refractivity contribution in [1.29, 1.82) is 0 Å². The lowest BCUT2D eigenvalue weighted by Crippen LogP contribution is -2.38. The average molecular weight is 367 g/mol. The summed E-state index contributed by atoms with van der Waals surface area (Å²) in [6.45, 7) is 12.0.